The Bertz CT molecular complexity index is 4890. The molecule has 0 amide bonds. The van der Waals surface area contributed by atoms with Gasteiger partial charge in [-0.1, -0.05) is 191 Å². The van der Waals surface area contributed by atoms with Gasteiger partial charge in [-0.05, 0) is 237 Å². The van der Waals surface area contributed by atoms with Gasteiger partial charge < -0.3 is 18.6 Å². The van der Waals surface area contributed by atoms with Crippen molar-refractivity contribution in [2.45, 2.75) is 97.8 Å². The molecule has 17 rings (SSSR count). The molecule has 2 aromatic heterocycles. The van der Waals surface area contributed by atoms with Gasteiger partial charge >= 0.3 is 0 Å². The van der Waals surface area contributed by atoms with Crippen LogP contribution in [-0.2, 0) is 21.7 Å². The second-order valence-corrected chi connectivity index (χ2v) is 29.1. The topological polar surface area (TPSA) is 32.8 Å². The lowest BCUT2D eigenvalue weighted by Crippen LogP contribution is -2.61. The Morgan fingerprint density at radius 2 is 0.733 bits per heavy atom. The first kappa shape index (κ1) is 54.3. The summed E-state index contributed by atoms with van der Waals surface area (Å²) in [4.78, 5) is 5.22. The fourth-order valence-electron chi connectivity index (χ4n) is 15.8. The molecule has 4 nitrogen and oxygen atoms in total. The van der Waals surface area contributed by atoms with Crippen LogP contribution in [0, 0.1) is 6.92 Å². The normalized spacial score (nSPS) is 14.7. The largest absolute Gasteiger partial charge is 0.464 e. The van der Waals surface area contributed by atoms with E-state index >= 15 is 0 Å². The zero-order valence-corrected chi connectivity index (χ0v) is 53.2. The maximum Gasteiger partial charge on any atom is 0.252 e. The first-order chi connectivity index (χ1) is 43.2. The number of fused-ring (bicyclic) bond motifs is 12. The molecule has 4 heterocycles. The highest BCUT2D eigenvalue weighted by Crippen LogP contribution is 2.54. The van der Waals surface area contributed by atoms with Gasteiger partial charge in [-0.25, -0.2) is 0 Å². The van der Waals surface area contributed by atoms with Crippen LogP contribution in [0.5, 0.6) is 0 Å². The molecule has 0 fully saturated rings. The van der Waals surface area contributed by atoms with Crippen molar-refractivity contribution in [3.05, 3.63) is 270 Å². The van der Waals surface area contributed by atoms with Crippen LogP contribution in [0.15, 0.2) is 240 Å². The highest BCUT2D eigenvalue weighted by molar-refractivity contribution is 7.00. The van der Waals surface area contributed by atoms with Gasteiger partial charge in [-0.3, -0.25) is 0 Å². The third-order valence-corrected chi connectivity index (χ3v) is 20.7. The molecular formula is C85H71BN2O2. The summed E-state index contributed by atoms with van der Waals surface area (Å²) in [5.41, 5.74) is 35.7. The molecule has 0 saturated heterocycles. The summed E-state index contributed by atoms with van der Waals surface area (Å²) in [6.45, 7) is 25.8. The molecule has 0 unspecified atom stereocenters. The highest BCUT2D eigenvalue weighted by atomic mass is 16.3. The first-order valence-electron chi connectivity index (χ1n) is 32.0. The zero-order chi connectivity index (χ0) is 61.5. The summed E-state index contributed by atoms with van der Waals surface area (Å²) in [6.07, 6.45) is 3.59. The minimum atomic E-state index is -0.161. The molecule has 13 aromatic rings. The second-order valence-electron chi connectivity index (χ2n) is 29.1. The van der Waals surface area contributed by atoms with Crippen molar-refractivity contribution >= 4 is 79.2 Å². The summed E-state index contributed by atoms with van der Waals surface area (Å²) >= 11 is 0. The van der Waals surface area contributed by atoms with Crippen LogP contribution in [0.1, 0.15) is 108 Å². The summed E-state index contributed by atoms with van der Waals surface area (Å²) in [6, 6.07) is 83.9. The second kappa shape index (κ2) is 19.1. The molecule has 2 aliphatic heterocycles. The van der Waals surface area contributed by atoms with E-state index in [1.54, 1.807) is 12.5 Å². The molecule has 90 heavy (non-hydrogen) atoms. The number of rotatable bonds is 6. The maximum atomic E-state index is 6.14. The van der Waals surface area contributed by atoms with Crippen LogP contribution in [-0.4, -0.2) is 6.71 Å². The van der Waals surface area contributed by atoms with Crippen molar-refractivity contribution in [3.8, 4) is 66.8 Å². The minimum absolute atomic E-state index is 0.0909. The lowest BCUT2D eigenvalue weighted by atomic mass is 9.33. The smallest absolute Gasteiger partial charge is 0.252 e. The van der Waals surface area contributed by atoms with E-state index in [2.05, 4.69) is 304 Å². The zero-order valence-electron chi connectivity index (χ0n) is 53.2. The molecule has 0 radical (unpaired) electrons. The van der Waals surface area contributed by atoms with Gasteiger partial charge in [0.05, 0.1) is 12.5 Å². The SMILES string of the molecule is Cc1cc2c3c(c1)N(c1cc(-c4ccc5c(c4)C(C)(C)c4ccccc4-5)cc(-c4ccc5ccoc5c4)c1)c1ccc(C(C)(C)C)cc1B3c1cc(C(C)(C)C)ccc1N2c1cc(-c2ccc3c(c2)C(C)(C)c2ccccc2-3)cc(-c2ccc3ccoc3c2)c1. The fraction of sp³-hybridized carbons (Fsp3) is 0.176. The lowest BCUT2D eigenvalue weighted by molar-refractivity contribution is 0.590. The number of hydrogen-bond donors (Lipinski definition) is 0. The average Bonchev–Trinajstić information content (AvgIpc) is 0.974. The molecule has 0 N–H and O–H groups in total. The Kier molecular flexibility index (Phi) is 11.5. The molecule has 11 aromatic carbocycles. The number of furan rings is 2. The standard InChI is InChI=1S/C85H71BN2O2/c1-50-36-77-81-78(37-50)88(64-41-58(39-60(43-64)56-23-21-52-33-35-90-80(52)47-56)54-25-29-68-66-17-13-15-19-70(66)85(10,11)72(68)45-54)76-31-27-62(83(5,6)7)49-74(76)86(81)73-48-61(82(2,3)4)26-30-75(73)87(77)63-40-57(38-59(42-63)55-22-20-51-32-34-89-79(51)46-55)53-24-28-67-65-16-12-14-18-69(65)84(8,9)71(67)44-53/h12-49H,1-11H3. The van der Waals surface area contributed by atoms with E-state index in [0.717, 1.165) is 66.7 Å². The molecule has 0 atom stereocenters. The molecule has 0 saturated carbocycles. The van der Waals surface area contributed by atoms with E-state index in [9.17, 15) is 0 Å². The number of benzene rings is 11. The maximum absolute atomic E-state index is 6.14. The number of anilines is 6. The molecule has 5 heteroatoms. The predicted octanol–water partition coefficient (Wildman–Crippen LogP) is 21.4. The Hall–Kier alpha value is -9.84. The average molecular weight is 1160 g/mol. The van der Waals surface area contributed by atoms with Gasteiger partial charge in [-0.15, -0.1) is 0 Å². The fourth-order valence-corrected chi connectivity index (χ4v) is 15.8. The van der Waals surface area contributed by atoms with Crippen LogP contribution in [0.2, 0.25) is 0 Å². The minimum Gasteiger partial charge on any atom is -0.464 e. The molecule has 436 valence electrons. The van der Waals surface area contributed by atoms with Gasteiger partial charge in [0.2, 0.25) is 0 Å². The molecule has 0 bridgehead atoms. The molecule has 4 aliphatic rings. The summed E-state index contributed by atoms with van der Waals surface area (Å²) in [7, 11) is 0. The van der Waals surface area contributed by atoms with Gasteiger partial charge in [-0.2, -0.15) is 0 Å². The van der Waals surface area contributed by atoms with Crippen LogP contribution in [0.4, 0.5) is 34.1 Å². The van der Waals surface area contributed by atoms with Gasteiger partial charge in [0.15, 0.2) is 0 Å². The van der Waals surface area contributed by atoms with Crippen molar-refractivity contribution < 1.29 is 8.83 Å². The van der Waals surface area contributed by atoms with E-state index in [1.807, 2.05) is 0 Å². The third kappa shape index (κ3) is 8.21. The Balaban J connectivity index is 0.928. The Labute approximate surface area is 529 Å². The predicted molar refractivity (Wildman–Crippen MR) is 379 cm³/mol. The van der Waals surface area contributed by atoms with E-state index in [4.69, 9.17) is 8.83 Å². The highest BCUT2D eigenvalue weighted by Gasteiger charge is 2.45. The first-order valence-corrected chi connectivity index (χ1v) is 32.0. The molecule has 0 spiro atoms. The summed E-state index contributed by atoms with van der Waals surface area (Å²) in [5, 5.41) is 2.18. The van der Waals surface area contributed by atoms with Crippen molar-refractivity contribution in [2.24, 2.45) is 0 Å². The Morgan fingerprint density at radius 3 is 1.16 bits per heavy atom. The van der Waals surface area contributed by atoms with Crippen LogP contribution < -0.4 is 26.2 Å². The number of aryl methyl sites for hydroxylation is 1. The van der Waals surface area contributed by atoms with E-state index in [0.29, 0.717) is 0 Å². The third-order valence-electron chi connectivity index (χ3n) is 20.7. The monoisotopic (exact) mass is 1160 g/mol. The molecular weight excluding hydrogens is 1090 g/mol. The Morgan fingerprint density at radius 1 is 0.344 bits per heavy atom. The summed E-state index contributed by atoms with van der Waals surface area (Å²) in [5.74, 6) is 0. The van der Waals surface area contributed by atoms with Crippen molar-refractivity contribution in [3.63, 3.8) is 0 Å². The van der Waals surface area contributed by atoms with Crippen molar-refractivity contribution in [1.29, 1.82) is 0 Å². The summed E-state index contributed by atoms with van der Waals surface area (Å²) < 4.78 is 12.3. The van der Waals surface area contributed by atoms with Crippen molar-refractivity contribution in [2.75, 3.05) is 9.80 Å². The quantitative estimate of drug-likeness (QED) is 0.155. The van der Waals surface area contributed by atoms with E-state index < -0.39 is 0 Å². The van der Waals surface area contributed by atoms with E-state index in [-0.39, 0.29) is 28.4 Å². The van der Waals surface area contributed by atoms with Crippen LogP contribution in [0.3, 0.4) is 0 Å². The van der Waals surface area contributed by atoms with Gasteiger partial charge in [0.25, 0.3) is 6.71 Å². The molecule has 2 aliphatic carbocycles. The lowest BCUT2D eigenvalue weighted by Gasteiger charge is -2.45. The van der Waals surface area contributed by atoms with Crippen LogP contribution >= 0.6 is 0 Å². The number of hydrogen-bond acceptors (Lipinski definition) is 4. The van der Waals surface area contributed by atoms with Gasteiger partial charge in [0.1, 0.15) is 11.2 Å². The number of nitrogens with zero attached hydrogens (tertiary/aromatic N) is 2. The van der Waals surface area contributed by atoms with Crippen molar-refractivity contribution in [1.82, 2.24) is 0 Å². The van der Waals surface area contributed by atoms with Crippen LogP contribution in [0.25, 0.3) is 88.7 Å². The van der Waals surface area contributed by atoms with Gasteiger partial charge in [0, 0.05) is 55.7 Å². The van der Waals surface area contributed by atoms with E-state index in [1.165, 1.54) is 111 Å².